The molecule has 0 bridgehead atoms. The molecule has 0 radical (unpaired) electrons. The quantitative estimate of drug-likeness (QED) is 0.705. The van der Waals surface area contributed by atoms with Crippen LogP contribution in [0.3, 0.4) is 0 Å². The van der Waals surface area contributed by atoms with Crippen molar-refractivity contribution in [1.82, 2.24) is 5.32 Å². The van der Waals surface area contributed by atoms with E-state index >= 15 is 0 Å². The molecule has 0 aromatic rings. The average Bonchev–Trinajstić information content (AvgIpc) is 2.74. The molecule has 74 valence electrons. The van der Waals surface area contributed by atoms with Gasteiger partial charge < -0.3 is 10.1 Å². The summed E-state index contributed by atoms with van der Waals surface area (Å²) in [5, 5.41) is 3.33. The average molecular weight is 183 g/mol. The van der Waals surface area contributed by atoms with Gasteiger partial charge in [0.1, 0.15) is 6.10 Å². The molecule has 2 atom stereocenters. The van der Waals surface area contributed by atoms with E-state index in [4.69, 9.17) is 4.74 Å². The van der Waals surface area contributed by atoms with Crippen molar-refractivity contribution >= 4 is 5.78 Å². The Morgan fingerprint density at radius 3 is 2.92 bits per heavy atom. The number of ketones is 1. The first-order chi connectivity index (χ1) is 6.36. The van der Waals surface area contributed by atoms with Crippen LogP contribution in [0.2, 0.25) is 0 Å². The summed E-state index contributed by atoms with van der Waals surface area (Å²) in [4.78, 5) is 11.6. The Labute approximate surface area is 78.8 Å². The van der Waals surface area contributed by atoms with Crippen molar-refractivity contribution in [2.45, 2.75) is 44.2 Å². The zero-order chi connectivity index (χ0) is 9.10. The lowest BCUT2D eigenvalue weighted by Crippen LogP contribution is -2.29. The molecular weight excluding hydrogens is 166 g/mol. The Kier molecular flexibility index (Phi) is 2.96. The van der Waals surface area contributed by atoms with E-state index in [1.165, 1.54) is 6.42 Å². The molecule has 2 aliphatic heterocycles. The molecule has 0 saturated carbocycles. The summed E-state index contributed by atoms with van der Waals surface area (Å²) in [6, 6.07) is 0.427. The first-order valence-corrected chi connectivity index (χ1v) is 5.24. The van der Waals surface area contributed by atoms with Gasteiger partial charge in [-0.1, -0.05) is 0 Å². The van der Waals surface area contributed by atoms with Gasteiger partial charge in [-0.15, -0.1) is 0 Å². The van der Waals surface area contributed by atoms with Crippen molar-refractivity contribution in [3.8, 4) is 0 Å². The Balaban J connectivity index is 1.76. The van der Waals surface area contributed by atoms with Gasteiger partial charge in [-0.3, -0.25) is 4.79 Å². The molecule has 0 spiro atoms. The van der Waals surface area contributed by atoms with E-state index in [9.17, 15) is 4.79 Å². The van der Waals surface area contributed by atoms with Crippen LogP contribution in [-0.4, -0.2) is 31.1 Å². The van der Waals surface area contributed by atoms with Crippen molar-refractivity contribution in [2.24, 2.45) is 0 Å². The number of nitrogens with one attached hydrogen (secondary N) is 1. The Morgan fingerprint density at radius 1 is 1.38 bits per heavy atom. The fourth-order valence-electron chi connectivity index (χ4n) is 2.14. The van der Waals surface area contributed by atoms with Crippen molar-refractivity contribution in [1.29, 1.82) is 0 Å². The summed E-state index contributed by atoms with van der Waals surface area (Å²) in [5.41, 5.74) is 0. The lowest BCUT2D eigenvalue weighted by Gasteiger charge is -2.12. The molecule has 2 unspecified atom stereocenters. The first kappa shape index (κ1) is 9.16. The van der Waals surface area contributed by atoms with Gasteiger partial charge in [-0.05, 0) is 32.2 Å². The third-order valence-corrected chi connectivity index (χ3v) is 2.90. The Hall–Kier alpha value is -0.410. The smallest absolute Gasteiger partial charge is 0.163 e. The molecule has 2 saturated heterocycles. The minimum Gasteiger partial charge on any atom is -0.370 e. The van der Waals surface area contributed by atoms with Crippen LogP contribution in [0.25, 0.3) is 0 Å². The number of carbonyl (C=O) groups excluding carboxylic acids is 1. The Morgan fingerprint density at radius 2 is 2.31 bits per heavy atom. The molecule has 0 amide bonds. The van der Waals surface area contributed by atoms with E-state index in [0.29, 0.717) is 18.2 Å². The van der Waals surface area contributed by atoms with Crippen molar-refractivity contribution < 1.29 is 9.53 Å². The molecule has 13 heavy (non-hydrogen) atoms. The molecule has 1 N–H and O–H groups in total. The van der Waals surface area contributed by atoms with Gasteiger partial charge in [0.15, 0.2) is 5.78 Å². The zero-order valence-electron chi connectivity index (χ0n) is 7.92. The van der Waals surface area contributed by atoms with Crippen LogP contribution in [0.15, 0.2) is 0 Å². The monoisotopic (exact) mass is 183 g/mol. The SMILES string of the molecule is O=C(CC1CCCN1)C1CCCO1. The molecule has 0 aliphatic carbocycles. The minimum atomic E-state index is -0.0811. The van der Waals surface area contributed by atoms with Gasteiger partial charge in [0.25, 0.3) is 0 Å². The maximum Gasteiger partial charge on any atom is 0.163 e. The van der Waals surface area contributed by atoms with E-state index in [1.54, 1.807) is 0 Å². The van der Waals surface area contributed by atoms with E-state index in [0.717, 1.165) is 32.4 Å². The normalized spacial score (nSPS) is 33.8. The molecule has 2 rings (SSSR count). The molecule has 2 aliphatic rings. The van der Waals surface area contributed by atoms with Gasteiger partial charge >= 0.3 is 0 Å². The summed E-state index contributed by atoms with van der Waals surface area (Å²) < 4.78 is 5.35. The van der Waals surface area contributed by atoms with Gasteiger partial charge in [-0.25, -0.2) is 0 Å². The highest BCUT2D eigenvalue weighted by atomic mass is 16.5. The second-order valence-electron chi connectivity index (χ2n) is 3.97. The molecular formula is C10H17NO2. The number of carbonyl (C=O) groups is 1. The third-order valence-electron chi connectivity index (χ3n) is 2.90. The summed E-state index contributed by atoms with van der Waals surface area (Å²) >= 11 is 0. The Bertz CT molecular complexity index is 181. The van der Waals surface area contributed by atoms with Gasteiger partial charge in [-0.2, -0.15) is 0 Å². The van der Waals surface area contributed by atoms with E-state index < -0.39 is 0 Å². The van der Waals surface area contributed by atoms with E-state index in [2.05, 4.69) is 5.32 Å². The molecule has 0 aromatic heterocycles. The molecule has 2 fully saturated rings. The largest absolute Gasteiger partial charge is 0.370 e. The lowest BCUT2D eigenvalue weighted by molar-refractivity contribution is -0.128. The van der Waals surface area contributed by atoms with Gasteiger partial charge in [0.05, 0.1) is 0 Å². The fraction of sp³-hybridized carbons (Fsp3) is 0.900. The number of hydrogen-bond acceptors (Lipinski definition) is 3. The summed E-state index contributed by atoms with van der Waals surface area (Å²) in [6.45, 7) is 1.85. The highest BCUT2D eigenvalue weighted by Gasteiger charge is 2.26. The van der Waals surface area contributed by atoms with Crippen LogP contribution >= 0.6 is 0 Å². The molecule has 0 aromatic carbocycles. The number of hydrogen-bond donors (Lipinski definition) is 1. The second kappa shape index (κ2) is 4.20. The van der Waals surface area contributed by atoms with Crippen LogP contribution in [0, 0.1) is 0 Å². The van der Waals surface area contributed by atoms with Crippen LogP contribution in [0.4, 0.5) is 0 Å². The maximum atomic E-state index is 11.6. The summed E-state index contributed by atoms with van der Waals surface area (Å²) in [5.74, 6) is 0.303. The standard InChI is InChI=1S/C10H17NO2/c12-9(10-4-2-6-13-10)7-8-3-1-5-11-8/h8,10-11H,1-7H2. The van der Waals surface area contributed by atoms with Crippen LogP contribution < -0.4 is 5.32 Å². The number of ether oxygens (including phenoxy) is 1. The van der Waals surface area contributed by atoms with Gasteiger partial charge in [0, 0.05) is 19.1 Å². The van der Waals surface area contributed by atoms with Crippen molar-refractivity contribution in [3.63, 3.8) is 0 Å². The lowest BCUT2D eigenvalue weighted by atomic mass is 10.0. The number of rotatable bonds is 3. The molecule has 3 nitrogen and oxygen atoms in total. The van der Waals surface area contributed by atoms with Crippen LogP contribution in [0.1, 0.15) is 32.1 Å². The van der Waals surface area contributed by atoms with Crippen molar-refractivity contribution in [2.75, 3.05) is 13.2 Å². The second-order valence-corrected chi connectivity index (χ2v) is 3.97. The molecule has 3 heteroatoms. The highest BCUT2D eigenvalue weighted by molar-refractivity contribution is 5.83. The van der Waals surface area contributed by atoms with E-state index in [-0.39, 0.29) is 6.10 Å². The zero-order valence-corrected chi connectivity index (χ0v) is 7.92. The fourth-order valence-corrected chi connectivity index (χ4v) is 2.14. The third kappa shape index (κ3) is 2.29. The van der Waals surface area contributed by atoms with E-state index in [1.807, 2.05) is 0 Å². The maximum absolute atomic E-state index is 11.6. The topological polar surface area (TPSA) is 38.3 Å². The van der Waals surface area contributed by atoms with Gasteiger partial charge in [0.2, 0.25) is 0 Å². The van der Waals surface area contributed by atoms with Crippen LogP contribution in [0.5, 0.6) is 0 Å². The van der Waals surface area contributed by atoms with Crippen molar-refractivity contribution in [3.05, 3.63) is 0 Å². The minimum absolute atomic E-state index is 0.0811. The highest BCUT2D eigenvalue weighted by Crippen LogP contribution is 2.17. The predicted molar refractivity (Wildman–Crippen MR) is 49.6 cm³/mol. The molecule has 2 heterocycles. The predicted octanol–water partition coefficient (Wildman–Crippen LogP) is 0.877. The van der Waals surface area contributed by atoms with Crippen LogP contribution in [-0.2, 0) is 9.53 Å². The summed E-state index contributed by atoms with van der Waals surface area (Å²) in [7, 11) is 0. The first-order valence-electron chi connectivity index (χ1n) is 5.24. The number of Topliss-reactive ketones (excluding diaryl/α,β-unsaturated/α-hetero) is 1. The summed E-state index contributed by atoms with van der Waals surface area (Å²) in [6.07, 6.45) is 4.94.